The fourth-order valence-corrected chi connectivity index (χ4v) is 2.84. The summed E-state index contributed by atoms with van der Waals surface area (Å²) in [5, 5.41) is 0. The number of hydrogen-bond acceptors (Lipinski definition) is 2. The third-order valence-electron chi connectivity index (χ3n) is 3.65. The molecule has 0 saturated heterocycles. The Labute approximate surface area is 85.3 Å². The first-order chi connectivity index (χ1) is 6.79. The Balaban J connectivity index is 1.83. The quantitative estimate of drug-likeness (QED) is 0.499. The third kappa shape index (κ3) is 1.99. The summed E-state index contributed by atoms with van der Waals surface area (Å²) in [5.41, 5.74) is 0. The highest BCUT2D eigenvalue weighted by Crippen LogP contribution is 2.41. The maximum Gasteiger partial charge on any atom is 0.305 e. The van der Waals surface area contributed by atoms with Gasteiger partial charge in [0.1, 0.15) is 0 Å². The summed E-state index contributed by atoms with van der Waals surface area (Å²) in [6, 6.07) is 0. The average molecular weight is 194 g/mol. The molecule has 0 radical (unpaired) electrons. The number of carbonyl (C=O) groups excluding carboxylic acids is 1. The van der Waals surface area contributed by atoms with E-state index in [0.29, 0.717) is 12.3 Å². The van der Waals surface area contributed by atoms with Crippen LogP contribution in [0.5, 0.6) is 0 Å². The summed E-state index contributed by atoms with van der Waals surface area (Å²) in [5.74, 6) is 2.16. The van der Waals surface area contributed by atoms with Gasteiger partial charge in [-0.25, -0.2) is 0 Å². The number of hydrogen-bond donors (Lipinski definition) is 0. The minimum Gasteiger partial charge on any atom is -0.469 e. The molecule has 1 saturated carbocycles. The van der Waals surface area contributed by atoms with Crippen LogP contribution in [0.1, 0.15) is 32.1 Å². The minimum atomic E-state index is -0.0422. The first-order valence-electron chi connectivity index (χ1n) is 5.53. The molecule has 2 nitrogen and oxygen atoms in total. The molecule has 2 heteroatoms. The Morgan fingerprint density at radius 1 is 1.50 bits per heavy atom. The number of allylic oxidation sites excluding steroid dienone is 2. The zero-order valence-corrected chi connectivity index (χ0v) is 8.74. The maximum absolute atomic E-state index is 11.1. The molecule has 0 bridgehead atoms. The lowest BCUT2D eigenvalue weighted by atomic mass is 9.74. The number of rotatable bonds is 2. The molecule has 0 aromatic carbocycles. The highest BCUT2D eigenvalue weighted by Gasteiger charge is 2.31. The van der Waals surface area contributed by atoms with Gasteiger partial charge in [-0.3, -0.25) is 4.79 Å². The lowest BCUT2D eigenvalue weighted by Crippen LogP contribution is -2.23. The number of carbonyl (C=O) groups is 1. The fourth-order valence-electron chi connectivity index (χ4n) is 2.84. The molecule has 0 aromatic heterocycles. The SMILES string of the molecule is COC(=O)CC1CCC2C=CCC2C1. The summed E-state index contributed by atoms with van der Waals surface area (Å²) >= 11 is 0. The fraction of sp³-hybridized carbons (Fsp3) is 0.750. The van der Waals surface area contributed by atoms with Gasteiger partial charge < -0.3 is 4.74 Å². The number of methoxy groups -OCH3 is 1. The second-order valence-electron chi connectivity index (χ2n) is 4.55. The molecule has 2 aliphatic rings. The van der Waals surface area contributed by atoms with Crippen LogP contribution < -0.4 is 0 Å². The van der Waals surface area contributed by atoms with Gasteiger partial charge in [0, 0.05) is 6.42 Å². The lowest BCUT2D eigenvalue weighted by Gasteiger charge is -2.30. The van der Waals surface area contributed by atoms with E-state index < -0.39 is 0 Å². The third-order valence-corrected chi connectivity index (χ3v) is 3.65. The Morgan fingerprint density at radius 3 is 3.14 bits per heavy atom. The van der Waals surface area contributed by atoms with Gasteiger partial charge in [-0.05, 0) is 43.4 Å². The van der Waals surface area contributed by atoms with Crippen LogP contribution in [0.15, 0.2) is 12.2 Å². The number of ether oxygens (including phenoxy) is 1. The van der Waals surface area contributed by atoms with E-state index in [1.165, 1.54) is 32.8 Å². The summed E-state index contributed by atoms with van der Waals surface area (Å²) in [6.07, 6.45) is 10.2. The predicted octanol–water partition coefficient (Wildman–Crippen LogP) is 2.54. The van der Waals surface area contributed by atoms with E-state index in [9.17, 15) is 4.79 Å². The van der Waals surface area contributed by atoms with Crippen molar-refractivity contribution in [3.8, 4) is 0 Å². The molecule has 0 aliphatic heterocycles. The largest absolute Gasteiger partial charge is 0.469 e. The molecule has 3 unspecified atom stereocenters. The van der Waals surface area contributed by atoms with Crippen LogP contribution in [-0.4, -0.2) is 13.1 Å². The topological polar surface area (TPSA) is 26.3 Å². The molecule has 0 amide bonds. The number of fused-ring (bicyclic) bond motifs is 1. The van der Waals surface area contributed by atoms with Crippen molar-refractivity contribution in [3.05, 3.63) is 12.2 Å². The number of esters is 1. The zero-order valence-electron chi connectivity index (χ0n) is 8.74. The van der Waals surface area contributed by atoms with Crippen LogP contribution in [0, 0.1) is 17.8 Å². The summed E-state index contributed by atoms with van der Waals surface area (Å²) in [4.78, 5) is 11.1. The lowest BCUT2D eigenvalue weighted by molar-refractivity contribution is -0.142. The molecule has 1 fully saturated rings. The maximum atomic E-state index is 11.1. The molecule has 0 spiro atoms. The van der Waals surface area contributed by atoms with Crippen molar-refractivity contribution in [1.29, 1.82) is 0 Å². The molecule has 14 heavy (non-hydrogen) atoms. The molecule has 78 valence electrons. The van der Waals surface area contributed by atoms with Gasteiger partial charge in [0.05, 0.1) is 7.11 Å². The van der Waals surface area contributed by atoms with Crippen molar-refractivity contribution < 1.29 is 9.53 Å². The van der Waals surface area contributed by atoms with Gasteiger partial charge in [0.15, 0.2) is 0 Å². The normalized spacial score (nSPS) is 35.4. The minimum absolute atomic E-state index is 0.0422. The second kappa shape index (κ2) is 4.16. The van der Waals surface area contributed by atoms with E-state index >= 15 is 0 Å². The van der Waals surface area contributed by atoms with Crippen molar-refractivity contribution >= 4 is 5.97 Å². The summed E-state index contributed by atoms with van der Waals surface area (Å²) in [6.45, 7) is 0. The van der Waals surface area contributed by atoms with Gasteiger partial charge in [-0.1, -0.05) is 12.2 Å². The summed E-state index contributed by atoms with van der Waals surface area (Å²) in [7, 11) is 1.48. The van der Waals surface area contributed by atoms with Crippen LogP contribution in [0.25, 0.3) is 0 Å². The standard InChI is InChI=1S/C12H18O2/c1-14-12(13)8-9-5-6-10-3-2-4-11(10)7-9/h2-3,9-11H,4-8H2,1H3. The van der Waals surface area contributed by atoms with E-state index in [-0.39, 0.29) is 5.97 Å². The Kier molecular flexibility index (Phi) is 2.90. The molecule has 2 rings (SSSR count). The van der Waals surface area contributed by atoms with E-state index in [2.05, 4.69) is 12.2 Å². The molecular weight excluding hydrogens is 176 g/mol. The van der Waals surface area contributed by atoms with E-state index in [1.54, 1.807) is 0 Å². The van der Waals surface area contributed by atoms with Crippen LogP contribution in [0.4, 0.5) is 0 Å². The molecule has 3 atom stereocenters. The molecule has 0 aromatic rings. The van der Waals surface area contributed by atoms with Gasteiger partial charge in [-0.2, -0.15) is 0 Å². The monoisotopic (exact) mass is 194 g/mol. The Morgan fingerprint density at radius 2 is 2.36 bits per heavy atom. The molecular formula is C12H18O2. The van der Waals surface area contributed by atoms with Crippen molar-refractivity contribution in [2.45, 2.75) is 32.1 Å². The highest BCUT2D eigenvalue weighted by molar-refractivity contribution is 5.69. The Hall–Kier alpha value is -0.790. The average Bonchev–Trinajstić information content (AvgIpc) is 2.64. The zero-order chi connectivity index (χ0) is 9.97. The second-order valence-corrected chi connectivity index (χ2v) is 4.55. The smallest absolute Gasteiger partial charge is 0.305 e. The van der Waals surface area contributed by atoms with Crippen molar-refractivity contribution in [2.75, 3.05) is 7.11 Å². The van der Waals surface area contributed by atoms with Crippen molar-refractivity contribution in [1.82, 2.24) is 0 Å². The van der Waals surface area contributed by atoms with Crippen molar-refractivity contribution in [3.63, 3.8) is 0 Å². The molecule has 2 aliphatic carbocycles. The predicted molar refractivity (Wildman–Crippen MR) is 54.7 cm³/mol. The van der Waals surface area contributed by atoms with Crippen LogP contribution in [0.3, 0.4) is 0 Å². The van der Waals surface area contributed by atoms with Gasteiger partial charge >= 0.3 is 5.97 Å². The van der Waals surface area contributed by atoms with Crippen LogP contribution in [-0.2, 0) is 9.53 Å². The molecule has 0 N–H and O–H groups in total. The molecule has 0 heterocycles. The highest BCUT2D eigenvalue weighted by atomic mass is 16.5. The first kappa shape index (κ1) is 9.75. The van der Waals surface area contributed by atoms with E-state index in [0.717, 1.165) is 11.8 Å². The van der Waals surface area contributed by atoms with Crippen molar-refractivity contribution in [2.24, 2.45) is 17.8 Å². The van der Waals surface area contributed by atoms with Crippen LogP contribution in [0.2, 0.25) is 0 Å². The van der Waals surface area contributed by atoms with Gasteiger partial charge in [0.25, 0.3) is 0 Å². The first-order valence-corrected chi connectivity index (χ1v) is 5.53. The summed E-state index contributed by atoms with van der Waals surface area (Å²) < 4.78 is 4.71. The van der Waals surface area contributed by atoms with Crippen LogP contribution >= 0.6 is 0 Å². The van der Waals surface area contributed by atoms with Gasteiger partial charge in [-0.15, -0.1) is 0 Å². The van der Waals surface area contributed by atoms with E-state index in [1.807, 2.05) is 0 Å². The van der Waals surface area contributed by atoms with E-state index in [4.69, 9.17) is 4.74 Å². The van der Waals surface area contributed by atoms with Gasteiger partial charge in [0.2, 0.25) is 0 Å². The Bertz CT molecular complexity index is 245.